The molecule has 43 heavy (non-hydrogen) atoms. The molecule has 0 saturated heterocycles. The van der Waals surface area contributed by atoms with Crippen LogP contribution in [0.3, 0.4) is 0 Å². The summed E-state index contributed by atoms with van der Waals surface area (Å²) in [6.45, 7) is -0.189. The van der Waals surface area contributed by atoms with Crippen LogP contribution in [0.15, 0.2) is 66.7 Å². The lowest BCUT2D eigenvalue weighted by atomic mass is 9.89. The molecule has 0 spiro atoms. The summed E-state index contributed by atoms with van der Waals surface area (Å²) in [4.78, 5) is 14.6. The maximum absolute atomic E-state index is 13.6. The summed E-state index contributed by atoms with van der Waals surface area (Å²) in [6, 6.07) is 12.0. The van der Waals surface area contributed by atoms with Crippen LogP contribution in [-0.4, -0.2) is 43.1 Å². The Balaban J connectivity index is 1.72. The number of anilines is 1. The van der Waals surface area contributed by atoms with Crippen LogP contribution in [0.25, 0.3) is 0 Å². The van der Waals surface area contributed by atoms with Gasteiger partial charge in [0.05, 0.1) is 25.6 Å². The van der Waals surface area contributed by atoms with Crippen molar-refractivity contribution >= 4 is 11.6 Å². The van der Waals surface area contributed by atoms with Crippen molar-refractivity contribution in [3.63, 3.8) is 0 Å². The molecule has 1 amide bonds. The van der Waals surface area contributed by atoms with Gasteiger partial charge in [-0.05, 0) is 54.3 Å². The van der Waals surface area contributed by atoms with Crippen molar-refractivity contribution in [1.29, 1.82) is 0 Å². The Hall–Kier alpha value is -3.94. The van der Waals surface area contributed by atoms with E-state index >= 15 is 0 Å². The number of fused-ring (bicyclic) bond motifs is 1. The fraction of sp³-hybridized carbons (Fsp3) is 0.345. The van der Waals surface area contributed by atoms with E-state index in [2.05, 4.69) is 0 Å². The number of rotatable bonds is 6. The van der Waals surface area contributed by atoms with Crippen LogP contribution in [-0.2, 0) is 29.4 Å². The van der Waals surface area contributed by atoms with E-state index in [0.29, 0.717) is 23.6 Å². The highest BCUT2D eigenvalue weighted by Crippen LogP contribution is 2.50. The summed E-state index contributed by atoms with van der Waals surface area (Å²) < 4.78 is 131. The van der Waals surface area contributed by atoms with Crippen molar-refractivity contribution < 1.29 is 58.9 Å². The van der Waals surface area contributed by atoms with Crippen LogP contribution >= 0.6 is 0 Å². The summed E-state index contributed by atoms with van der Waals surface area (Å²) in [5.41, 5.74) is -7.52. The van der Waals surface area contributed by atoms with Crippen LogP contribution in [0.5, 0.6) is 11.5 Å². The molecular weight excluding hydrogens is 597 g/mol. The number of benzene rings is 3. The monoisotopic (exact) mass is 621 g/mol. The minimum atomic E-state index is -6.11. The SMILES string of the molecule is COc1cccc(OC2CCc3cc(C(O)(C(F)(F)F)C(F)(F)F)ccc3N(C(=O)Cc3ccc(C(F)(F)F)cc3)C2)c1. The normalized spacial score (nSPS) is 16.3. The van der Waals surface area contributed by atoms with Gasteiger partial charge in [-0.1, -0.05) is 30.3 Å². The van der Waals surface area contributed by atoms with E-state index in [9.17, 15) is 49.4 Å². The molecule has 3 aromatic rings. The predicted molar refractivity (Wildman–Crippen MR) is 136 cm³/mol. The molecule has 0 aliphatic carbocycles. The summed E-state index contributed by atoms with van der Waals surface area (Å²) in [5, 5.41) is 9.93. The third kappa shape index (κ3) is 6.68. The fourth-order valence-corrected chi connectivity index (χ4v) is 4.75. The number of methoxy groups -OCH3 is 1. The smallest absolute Gasteiger partial charge is 0.430 e. The van der Waals surface area contributed by atoms with Gasteiger partial charge in [-0.15, -0.1) is 0 Å². The van der Waals surface area contributed by atoms with Gasteiger partial charge in [0, 0.05) is 17.3 Å². The third-order valence-corrected chi connectivity index (χ3v) is 7.01. The molecule has 0 fully saturated rings. The number of amides is 1. The lowest BCUT2D eigenvalue weighted by molar-refractivity contribution is -0.376. The zero-order valence-corrected chi connectivity index (χ0v) is 22.3. The molecule has 0 aromatic heterocycles. The Morgan fingerprint density at radius 2 is 1.47 bits per heavy atom. The van der Waals surface area contributed by atoms with E-state index in [1.807, 2.05) is 0 Å². The van der Waals surface area contributed by atoms with E-state index < -0.39 is 53.7 Å². The van der Waals surface area contributed by atoms with Gasteiger partial charge in [-0.3, -0.25) is 4.79 Å². The summed E-state index contributed by atoms with van der Waals surface area (Å²) >= 11 is 0. The average molecular weight is 621 g/mol. The minimum absolute atomic E-state index is 0.0240. The Bertz CT molecular complexity index is 1440. The van der Waals surface area contributed by atoms with Crippen molar-refractivity contribution in [1.82, 2.24) is 0 Å². The maximum atomic E-state index is 13.6. The number of hydrogen-bond acceptors (Lipinski definition) is 4. The molecule has 4 rings (SSSR count). The first-order valence-corrected chi connectivity index (χ1v) is 12.7. The lowest BCUT2D eigenvalue weighted by Gasteiger charge is -2.33. The zero-order valence-electron chi connectivity index (χ0n) is 22.3. The quantitative estimate of drug-likeness (QED) is 0.302. The molecule has 3 aromatic carbocycles. The Labute approximate surface area is 239 Å². The van der Waals surface area contributed by atoms with Gasteiger partial charge in [0.25, 0.3) is 5.60 Å². The molecule has 5 nitrogen and oxygen atoms in total. The Kier molecular flexibility index (Phi) is 8.65. The van der Waals surface area contributed by atoms with E-state index in [-0.39, 0.29) is 36.2 Å². The van der Waals surface area contributed by atoms with Crippen LogP contribution in [0.4, 0.5) is 45.2 Å². The minimum Gasteiger partial charge on any atom is -0.497 e. The highest BCUT2D eigenvalue weighted by Gasteiger charge is 2.71. The van der Waals surface area contributed by atoms with Gasteiger partial charge in [0.15, 0.2) is 0 Å². The largest absolute Gasteiger partial charge is 0.497 e. The van der Waals surface area contributed by atoms with Gasteiger partial charge in [0.1, 0.15) is 17.6 Å². The number of nitrogens with zero attached hydrogens (tertiary/aromatic N) is 1. The number of alkyl halides is 9. The third-order valence-electron chi connectivity index (χ3n) is 7.01. The Morgan fingerprint density at radius 3 is 2.05 bits per heavy atom. The van der Waals surface area contributed by atoms with Crippen molar-refractivity contribution in [3.05, 3.63) is 89.0 Å². The van der Waals surface area contributed by atoms with E-state index in [1.54, 1.807) is 18.2 Å². The number of carbonyl (C=O) groups excluding carboxylic acids is 1. The molecule has 1 N–H and O–H groups in total. The van der Waals surface area contributed by atoms with Crippen LogP contribution < -0.4 is 14.4 Å². The van der Waals surface area contributed by atoms with Crippen molar-refractivity contribution in [2.24, 2.45) is 0 Å². The van der Waals surface area contributed by atoms with Crippen molar-refractivity contribution in [3.8, 4) is 11.5 Å². The van der Waals surface area contributed by atoms with Gasteiger partial charge >= 0.3 is 18.5 Å². The van der Waals surface area contributed by atoms with E-state index in [0.717, 1.165) is 35.2 Å². The first-order valence-electron chi connectivity index (χ1n) is 12.7. The second-order valence-electron chi connectivity index (χ2n) is 9.88. The predicted octanol–water partition coefficient (Wildman–Crippen LogP) is 7.00. The first-order chi connectivity index (χ1) is 19.9. The fourth-order valence-electron chi connectivity index (χ4n) is 4.75. The summed E-state index contributed by atoms with van der Waals surface area (Å²) in [7, 11) is 1.42. The number of aryl methyl sites for hydroxylation is 1. The van der Waals surface area contributed by atoms with Gasteiger partial charge in [0.2, 0.25) is 5.91 Å². The molecule has 1 heterocycles. The lowest BCUT2D eigenvalue weighted by Crippen LogP contribution is -2.54. The average Bonchev–Trinajstić information content (AvgIpc) is 3.10. The first kappa shape index (κ1) is 32.0. The highest BCUT2D eigenvalue weighted by molar-refractivity contribution is 5.95. The number of ether oxygens (including phenoxy) is 2. The standard InChI is InChI=1S/C29H24F9NO4/c1-42-21-3-2-4-22(15-21)43-23-11-7-18-14-20(26(41,28(33,34)35)29(36,37)38)10-12-24(18)39(16-23)25(40)13-17-5-8-19(9-6-17)27(30,31)32/h2-6,8-10,12,14-15,23,41H,7,11,13,16H2,1H3. The molecule has 0 radical (unpaired) electrons. The summed E-state index contributed by atoms with van der Waals surface area (Å²) in [6.07, 6.45) is -18.1. The van der Waals surface area contributed by atoms with Crippen LogP contribution in [0, 0.1) is 0 Å². The van der Waals surface area contributed by atoms with Crippen molar-refractivity contribution in [2.45, 2.75) is 49.5 Å². The number of halogens is 9. The van der Waals surface area contributed by atoms with Crippen molar-refractivity contribution in [2.75, 3.05) is 18.6 Å². The van der Waals surface area contributed by atoms with Gasteiger partial charge < -0.3 is 19.5 Å². The second kappa shape index (κ2) is 11.6. The molecule has 1 unspecified atom stereocenters. The van der Waals surface area contributed by atoms with Crippen LogP contribution in [0.1, 0.15) is 28.7 Å². The second-order valence-corrected chi connectivity index (χ2v) is 9.88. The van der Waals surface area contributed by atoms with Gasteiger partial charge in [-0.25, -0.2) is 0 Å². The number of hydrogen-bond donors (Lipinski definition) is 1. The zero-order chi connectivity index (χ0) is 31.8. The molecular formula is C29H24F9NO4. The molecule has 1 atom stereocenters. The van der Waals surface area contributed by atoms with Gasteiger partial charge in [-0.2, -0.15) is 39.5 Å². The molecule has 1 aliphatic heterocycles. The van der Waals surface area contributed by atoms with E-state index in [1.165, 1.54) is 13.2 Å². The maximum Gasteiger partial charge on any atom is 0.430 e. The molecule has 0 bridgehead atoms. The number of aliphatic hydroxyl groups is 1. The highest BCUT2D eigenvalue weighted by atomic mass is 19.4. The molecule has 0 saturated carbocycles. The molecule has 1 aliphatic rings. The molecule has 232 valence electrons. The Morgan fingerprint density at radius 1 is 0.860 bits per heavy atom. The summed E-state index contributed by atoms with van der Waals surface area (Å²) in [5.74, 6) is 0.0549. The number of carbonyl (C=O) groups is 1. The topological polar surface area (TPSA) is 59.0 Å². The molecule has 14 heteroatoms. The van der Waals surface area contributed by atoms with E-state index in [4.69, 9.17) is 9.47 Å². The van der Waals surface area contributed by atoms with Crippen LogP contribution in [0.2, 0.25) is 0 Å².